The molecule has 6 heteroatoms. The number of hydrogen-bond acceptors (Lipinski definition) is 5. The molecule has 0 saturated heterocycles. The molecule has 0 atom stereocenters. The van der Waals surface area contributed by atoms with Crippen molar-refractivity contribution >= 4 is 17.2 Å². The molecule has 0 aliphatic heterocycles. The Hall–Kier alpha value is -1.08. The average molecular weight is 255 g/mol. The number of pyridine rings is 1. The van der Waals surface area contributed by atoms with E-state index in [1.807, 2.05) is 17.0 Å². The van der Waals surface area contributed by atoms with Gasteiger partial charge in [-0.3, -0.25) is 9.88 Å². The second-order valence-electron chi connectivity index (χ2n) is 3.64. The van der Waals surface area contributed by atoms with Gasteiger partial charge in [-0.05, 0) is 17.7 Å². The Labute approximate surface area is 106 Å². The van der Waals surface area contributed by atoms with Gasteiger partial charge >= 0.3 is 0 Å². The van der Waals surface area contributed by atoms with Crippen LogP contribution in [0.25, 0.3) is 0 Å². The fourth-order valence-electron chi connectivity index (χ4n) is 1.52. The molecule has 1 heterocycles. The summed E-state index contributed by atoms with van der Waals surface area (Å²) in [5.74, 6) is 0. The zero-order valence-corrected chi connectivity index (χ0v) is 10.4. The topological polar surface area (TPSA) is 82.6 Å². The lowest BCUT2D eigenvalue weighted by Gasteiger charge is -2.20. The molecular formula is C11H17N3O2S. The standard InChI is InChI=1S/C11H17N3O2S/c12-11(17)10-7-9(1-2-13-10)8-14(3-5-15)4-6-16/h1-2,7,15-16H,3-6,8H2,(H2,12,17). The maximum absolute atomic E-state index is 8.91. The van der Waals surface area contributed by atoms with Gasteiger partial charge in [0.05, 0.1) is 18.9 Å². The van der Waals surface area contributed by atoms with E-state index in [9.17, 15) is 0 Å². The summed E-state index contributed by atoms with van der Waals surface area (Å²) < 4.78 is 0. The Morgan fingerprint density at radius 1 is 1.35 bits per heavy atom. The molecule has 0 amide bonds. The Morgan fingerprint density at radius 3 is 2.53 bits per heavy atom. The lowest BCUT2D eigenvalue weighted by Crippen LogP contribution is -2.29. The van der Waals surface area contributed by atoms with Gasteiger partial charge in [0.1, 0.15) is 4.99 Å². The summed E-state index contributed by atoms with van der Waals surface area (Å²) in [6, 6.07) is 3.69. The van der Waals surface area contributed by atoms with Crippen molar-refractivity contribution < 1.29 is 10.2 Å². The second-order valence-corrected chi connectivity index (χ2v) is 4.08. The molecule has 0 saturated carbocycles. The van der Waals surface area contributed by atoms with Gasteiger partial charge in [0.15, 0.2) is 0 Å². The van der Waals surface area contributed by atoms with Gasteiger partial charge < -0.3 is 15.9 Å². The van der Waals surface area contributed by atoms with Crippen LogP contribution >= 0.6 is 12.2 Å². The summed E-state index contributed by atoms with van der Waals surface area (Å²) >= 11 is 4.86. The van der Waals surface area contributed by atoms with Crippen molar-refractivity contribution in [3.63, 3.8) is 0 Å². The molecular weight excluding hydrogens is 238 g/mol. The van der Waals surface area contributed by atoms with E-state index in [4.69, 9.17) is 28.2 Å². The number of aliphatic hydroxyl groups excluding tert-OH is 2. The highest BCUT2D eigenvalue weighted by Crippen LogP contribution is 2.06. The summed E-state index contributed by atoms with van der Waals surface area (Å²) in [5, 5.41) is 17.8. The SMILES string of the molecule is NC(=S)c1cc(CN(CCO)CCO)ccn1. The molecule has 0 aliphatic rings. The third-order valence-corrected chi connectivity index (χ3v) is 2.52. The molecule has 0 radical (unpaired) electrons. The second kappa shape index (κ2) is 7.29. The summed E-state index contributed by atoms with van der Waals surface area (Å²) in [7, 11) is 0. The highest BCUT2D eigenvalue weighted by atomic mass is 32.1. The lowest BCUT2D eigenvalue weighted by molar-refractivity contribution is 0.156. The Morgan fingerprint density at radius 2 is 2.00 bits per heavy atom. The summed E-state index contributed by atoms with van der Waals surface area (Å²) in [5.41, 5.74) is 7.10. The van der Waals surface area contributed by atoms with Crippen LogP contribution in [0.3, 0.4) is 0 Å². The van der Waals surface area contributed by atoms with E-state index >= 15 is 0 Å². The molecule has 0 aliphatic carbocycles. The van der Waals surface area contributed by atoms with Crippen LogP contribution in [0.15, 0.2) is 18.3 Å². The fourth-order valence-corrected chi connectivity index (χ4v) is 1.63. The van der Waals surface area contributed by atoms with E-state index in [1.54, 1.807) is 6.20 Å². The minimum atomic E-state index is 0.0627. The Balaban J connectivity index is 2.71. The third kappa shape index (κ3) is 4.74. The zero-order valence-electron chi connectivity index (χ0n) is 9.54. The van der Waals surface area contributed by atoms with E-state index in [1.165, 1.54) is 0 Å². The molecule has 0 unspecified atom stereocenters. The highest BCUT2D eigenvalue weighted by Gasteiger charge is 2.06. The van der Waals surface area contributed by atoms with Gasteiger partial charge in [-0.25, -0.2) is 0 Å². The van der Waals surface area contributed by atoms with Crippen LogP contribution in [0, 0.1) is 0 Å². The van der Waals surface area contributed by atoms with E-state index < -0.39 is 0 Å². The number of nitrogens with two attached hydrogens (primary N) is 1. The van der Waals surface area contributed by atoms with Crippen LogP contribution in [-0.2, 0) is 6.54 Å². The van der Waals surface area contributed by atoms with Gasteiger partial charge in [0, 0.05) is 25.8 Å². The first-order valence-corrected chi connectivity index (χ1v) is 5.77. The van der Waals surface area contributed by atoms with Crippen molar-refractivity contribution in [1.29, 1.82) is 0 Å². The van der Waals surface area contributed by atoms with Gasteiger partial charge in [-0.15, -0.1) is 0 Å². The highest BCUT2D eigenvalue weighted by molar-refractivity contribution is 7.80. The normalized spacial score (nSPS) is 10.8. The quantitative estimate of drug-likeness (QED) is 0.570. The average Bonchev–Trinajstić information content (AvgIpc) is 2.30. The number of thiocarbonyl (C=S) groups is 1. The first kappa shape index (κ1) is 14.0. The van der Waals surface area contributed by atoms with Crippen LogP contribution in [0.2, 0.25) is 0 Å². The smallest absolute Gasteiger partial charge is 0.122 e. The fraction of sp³-hybridized carbons (Fsp3) is 0.455. The van der Waals surface area contributed by atoms with Gasteiger partial charge in [0.25, 0.3) is 0 Å². The zero-order chi connectivity index (χ0) is 12.7. The largest absolute Gasteiger partial charge is 0.395 e. The summed E-state index contributed by atoms with van der Waals surface area (Å²) in [6.07, 6.45) is 1.65. The number of aliphatic hydroxyl groups is 2. The summed E-state index contributed by atoms with van der Waals surface area (Å²) in [6.45, 7) is 1.79. The van der Waals surface area contributed by atoms with Crippen LogP contribution in [-0.4, -0.2) is 51.4 Å². The first-order valence-electron chi connectivity index (χ1n) is 5.36. The molecule has 4 N–H and O–H groups in total. The first-order chi connectivity index (χ1) is 8.17. The monoisotopic (exact) mass is 255 g/mol. The van der Waals surface area contributed by atoms with E-state index in [0.717, 1.165) is 5.56 Å². The minimum Gasteiger partial charge on any atom is -0.395 e. The molecule has 1 aromatic heterocycles. The van der Waals surface area contributed by atoms with Gasteiger partial charge in [-0.2, -0.15) is 0 Å². The van der Waals surface area contributed by atoms with Crippen molar-refractivity contribution in [1.82, 2.24) is 9.88 Å². The van der Waals surface area contributed by atoms with E-state index in [2.05, 4.69) is 4.98 Å². The van der Waals surface area contributed by atoms with Crippen LogP contribution in [0.4, 0.5) is 0 Å². The lowest BCUT2D eigenvalue weighted by atomic mass is 10.2. The van der Waals surface area contributed by atoms with Gasteiger partial charge in [0.2, 0.25) is 0 Å². The molecule has 17 heavy (non-hydrogen) atoms. The molecule has 1 rings (SSSR count). The van der Waals surface area contributed by atoms with E-state index in [0.29, 0.717) is 25.3 Å². The van der Waals surface area contributed by atoms with Crippen LogP contribution in [0.5, 0.6) is 0 Å². The predicted octanol–water partition coefficient (Wildman–Crippen LogP) is -0.498. The maximum Gasteiger partial charge on any atom is 0.122 e. The molecule has 0 fully saturated rings. The molecule has 0 spiro atoms. The molecule has 0 aromatic carbocycles. The third-order valence-electron chi connectivity index (χ3n) is 2.32. The predicted molar refractivity (Wildman–Crippen MR) is 69.6 cm³/mol. The van der Waals surface area contributed by atoms with Crippen molar-refractivity contribution in [3.05, 3.63) is 29.6 Å². The number of hydrogen-bond donors (Lipinski definition) is 3. The molecule has 0 bridgehead atoms. The van der Waals surface area contributed by atoms with E-state index in [-0.39, 0.29) is 18.2 Å². The van der Waals surface area contributed by atoms with Crippen molar-refractivity contribution in [2.75, 3.05) is 26.3 Å². The minimum absolute atomic E-state index is 0.0627. The summed E-state index contributed by atoms with van der Waals surface area (Å²) in [4.78, 5) is 6.26. The maximum atomic E-state index is 8.91. The van der Waals surface area contributed by atoms with Gasteiger partial charge in [-0.1, -0.05) is 12.2 Å². The van der Waals surface area contributed by atoms with Crippen LogP contribution in [0.1, 0.15) is 11.3 Å². The number of nitrogens with zero attached hydrogens (tertiary/aromatic N) is 2. The molecule has 1 aromatic rings. The Bertz CT molecular complexity index is 367. The van der Waals surface area contributed by atoms with Crippen molar-refractivity contribution in [2.45, 2.75) is 6.54 Å². The van der Waals surface area contributed by atoms with Crippen LogP contribution < -0.4 is 5.73 Å². The molecule has 5 nitrogen and oxygen atoms in total. The Kier molecular flexibility index (Phi) is 5.99. The van der Waals surface area contributed by atoms with Crippen molar-refractivity contribution in [2.24, 2.45) is 5.73 Å². The van der Waals surface area contributed by atoms with Crippen molar-refractivity contribution in [3.8, 4) is 0 Å². The molecule has 94 valence electrons. The number of rotatable bonds is 7. The number of aromatic nitrogens is 1.